The van der Waals surface area contributed by atoms with Crippen LogP contribution < -0.4 is 4.74 Å². The van der Waals surface area contributed by atoms with Gasteiger partial charge in [-0.2, -0.15) is 0 Å². The highest BCUT2D eigenvalue weighted by atomic mass is 35.5. The highest BCUT2D eigenvalue weighted by Gasteiger charge is 2.24. The highest BCUT2D eigenvalue weighted by Crippen LogP contribution is 2.32. The number of aliphatic carboxylic acids is 2. The minimum absolute atomic E-state index is 0.139. The number of hydrogen-bond acceptors (Lipinski definition) is 7. The molecule has 0 spiro atoms. The SMILES string of the molecule is CCCCc1c(Cl)c2cc(C(=O)O)ccn2c1C(=O)c1ccc(OCCCCCCN(CCCC)CCCC)cc1.CO.O=C(O)C(=O)O. The number of ketones is 1. The molecule has 4 N–H and O–H groups in total. The largest absolute Gasteiger partial charge is 0.494 e. The Morgan fingerprint density at radius 3 is 1.82 bits per heavy atom. The number of unbranched alkanes of at least 4 members (excludes halogenated alkanes) is 6. The second-order valence-electron chi connectivity index (χ2n) is 11.5. The van der Waals surface area contributed by atoms with Crippen molar-refractivity contribution >= 4 is 40.8 Å². The zero-order valence-electron chi connectivity index (χ0n) is 29.3. The van der Waals surface area contributed by atoms with Crippen molar-refractivity contribution in [3.05, 3.63) is 70.0 Å². The lowest BCUT2D eigenvalue weighted by Crippen LogP contribution is -2.27. The number of ether oxygens (including phenoxy) is 1. The van der Waals surface area contributed by atoms with Gasteiger partial charge in [-0.05, 0) is 94.6 Å². The number of aromatic carboxylic acids is 1. The molecule has 0 saturated heterocycles. The van der Waals surface area contributed by atoms with Gasteiger partial charge in [-0.25, -0.2) is 14.4 Å². The predicted molar refractivity (Wildman–Crippen MR) is 191 cm³/mol. The molecule has 0 amide bonds. The number of aromatic nitrogens is 1. The average Bonchev–Trinajstić information content (AvgIpc) is 3.38. The number of carboxylic acid groups (broad SMARTS) is 3. The first-order valence-electron chi connectivity index (χ1n) is 17.0. The van der Waals surface area contributed by atoms with E-state index in [4.69, 9.17) is 41.2 Å². The Morgan fingerprint density at radius 1 is 0.735 bits per heavy atom. The van der Waals surface area contributed by atoms with E-state index >= 15 is 0 Å². The molecule has 0 aliphatic heterocycles. The van der Waals surface area contributed by atoms with Gasteiger partial charge in [0.15, 0.2) is 0 Å². The van der Waals surface area contributed by atoms with Crippen molar-refractivity contribution in [2.75, 3.05) is 33.4 Å². The number of pyridine rings is 1. The number of hydrogen-bond donors (Lipinski definition) is 4. The van der Waals surface area contributed by atoms with Crippen molar-refractivity contribution in [2.24, 2.45) is 0 Å². The highest BCUT2D eigenvalue weighted by molar-refractivity contribution is 6.36. The van der Waals surface area contributed by atoms with Crippen LogP contribution in [0.3, 0.4) is 0 Å². The molecule has 3 rings (SSSR count). The van der Waals surface area contributed by atoms with Gasteiger partial charge in [0.05, 0.1) is 28.4 Å². The fraction of sp³-hybridized carbons (Fsp3) is 0.514. The lowest BCUT2D eigenvalue weighted by molar-refractivity contribution is -0.159. The third-order valence-electron chi connectivity index (χ3n) is 7.81. The average molecular weight is 705 g/mol. The van der Waals surface area contributed by atoms with E-state index in [1.165, 1.54) is 70.3 Å². The zero-order chi connectivity index (χ0) is 36.8. The van der Waals surface area contributed by atoms with Crippen molar-refractivity contribution in [2.45, 2.75) is 91.4 Å². The summed E-state index contributed by atoms with van der Waals surface area (Å²) in [5.74, 6) is -4.06. The molecule has 0 saturated carbocycles. The molecule has 11 nitrogen and oxygen atoms in total. The number of aliphatic hydroxyl groups is 1. The van der Waals surface area contributed by atoms with Crippen molar-refractivity contribution in [1.82, 2.24) is 9.30 Å². The summed E-state index contributed by atoms with van der Waals surface area (Å²) in [4.78, 5) is 46.0. The Hall–Kier alpha value is -3.93. The summed E-state index contributed by atoms with van der Waals surface area (Å²) in [5.41, 5.74) is 2.48. The van der Waals surface area contributed by atoms with E-state index in [1.54, 1.807) is 22.7 Å². The number of rotatable bonds is 20. The summed E-state index contributed by atoms with van der Waals surface area (Å²) in [6.07, 6.45) is 13.8. The lowest BCUT2D eigenvalue weighted by Gasteiger charge is -2.21. The third-order valence-corrected chi connectivity index (χ3v) is 8.23. The van der Waals surface area contributed by atoms with Crippen LogP contribution in [0, 0.1) is 0 Å². The smallest absolute Gasteiger partial charge is 0.414 e. The van der Waals surface area contributed by atoms with E-state index in [0.717, 1.165) is 44.1 Å². The van der Waals surface area contributed by atoms with E-state index in [1.807, 2.05) is 12.1 Å². The molecule has 2 heterocycles. The lowest BCUT2D eigenvalue weighted by atomic mass is 10.0. The minimum Gasteiger partial charge on any atom is -0.494 e. The number of nitrogens with zero attached hydrogens (tertiary/aromatic N) is 2. The summed E-state index contributed by atoms with van der Waals surface area (Å²) in [6, 6.07) is 10.3. The number of aliphatic hydroxyl groups excluding tert-OH is 1. The maximum absolute atomic E-state index is 13.7. The minimum atomic E-state index is -1.82. The van der Waals surface area contributed by atoms with Crippen LogP contribution in [-0.2, 0) is 16.0 Å². The van der Waals surface area contributed by atoms with Gasteiger partial charge >= 0.3 is 17.9 Å². The van der Waals surface area contributed by atoms with Gasteiger partial charge in [0, 0.05) is 24.4 Å². The zero-order valence-corrected chi connectivity index (χ0v) is 30.0. The van der Waals surface area contributed by atoms with Crippen LogP contribution in [0.4, 0.5) is 0 Å². The summed E-state index contributed by atoms with van der Waals surface area (Å²) in [7, 11) is 1.00. The molecule has 1 aromatic carbocycles. The second-order valence-corrected chi connectivity index (χ2v) is 11.9. The first-order valence-corrected chi connectivity index (χ1v) is 17.4. The molecule has 0 aliphatic rings. The Morgan fingerprint density at radius 2 is 1.29 bits per heavy atom. The van der Waals surface area contributed by atoms with Gasteiger partial charge in [-0.1, -0.05) is 64.5 Å². The van der Waals surface area contributed by atoms with Crippen molar-refractivity contribution in [1.29, 1.82) is 0 Å². The predicted octanol–water partition coefficient (Wildman–Crippen LogP) is 7.47. The molecule has 272 valence electrons. The summed E-state index contributed by atoms with van der Waals surface area (Å²) in [5, 5.41) is 31.6. The summed E-state index contributed by atoms with van der Waals surface area (Å²) < 4.78 is 7.69. The molecule has 49 heavy (non-hydrogen) atoms. The van der Waals surface area contributed by atoms with Crippen molar-refractivity contribution in [3.8, 4) is 5.75 Å². The molecule has 0 radical (unpaired) electrons. The second kappa shape index (κ2) is 24.2. The maximum atomic E-state index is 13.7. The number of carboxylic acids is 3. The molecule has 3 aromatic rings. The van der Waals surface area contributed by atoms with Crippen LogP contribution >= 0.6 is 11.6 Å². The van der Waals surface area contributed by atoms with Gasteiger partial charge in [-0.3, -0.25) is 4.79 Å². The molecule has 0 fully saturated rings. The molecule has 2 aromatic heterocycles. The van der Waals surface area contributed by atoms with Crippen LogP contribution in [0.2, 0.25) is 5.02 Å². The number of fused-ring (bicyclic) bond motifs is 1. The van der Waals surface area contributed by atoms with Gasteiger partial charge < -0.3 is 34.5 Å². The van der Waals surface area contributed by atoms with Gasteiger partial charge in [0.25, 0.3) is 0 Å². The molecule has 0 unspecified atom stereocenters. The van der Waals surface area contributed by atoms with Gasteiger partial charge in [0.2, 0.25) is 5.78 Å². The fourth-order valence-electron chi connectivity index (χ4n) is 5.15. The van der Waals surface area contributed by atoms with E-state index in [9.17, 15) is 14.7 Å². The van der Waals surface area contributed by atoms with Crippen LogP contribution in [0.15, 0.2) is 42.6 Å². The van der Waals surface area contributed by atoms with Crippen LogP contribution in [0.5, 0.6) is 5.75 Å². The molecule has 0 atom stereocenters. The third kappa shape index (κ3) is 14.6. The molecular weight excluding hydrogens is 652 g/mol. The Labute approximate surface area is 294 Å². The number of halogens is 1. The normalized spacial score (nSPS) is 10.6. The first-order chi connectivity index (χ1) is 23.5. The Bertz CT molecular complexity index is 1430. The van der Waals surface area contributed by atoms with Gasteiger partial charge in [-0.15, -0.1) is 0 Å². The molecular formula is C37H53ClN2O9. The van der Waals surface area contributed by atoms with Crippen LogP contribution in [0.1, 0.15) is 117 Å². The number of carbonyl (C=O) groups is 4. The molecule has 0 aliphatic carbocycles. The van der Waals surface area contributed by atoms with Crippen molar-refractivity contribution < 1.29 is 44.3 Å². The van der Waals surface area contributed by atoms with Crippen LogP contribution in [-0.4, -0.2) is 86.8 Å². The van der Waals surface area contributed by atoms with E-state index in [0.29, 0.717) is 34.8 Å². The van der Waals surface area contributed by atoms with Crippen LogP contribution in [0.25, 0.3) is 5.52 Å². The monoisotopic (exact) mass is 704 g/mol. The summed E-state index contributed by atoms with van der Waals surface area (Å²) >= 11 is 6.70. The Kier molecular flexibility index (Phi) is 21.3. The number of benzene rings is 1. The van der Waals surface area contributed by atoms with E-state index in [-0.39, 0.29) is 11.3 Å². The standard InChI is InChI=1S/C34H47ClN2O4.C2H2O4.CH4O/c1-4-7-14-29-31(35)30-25-27(34(39)40)19-23-37(30)32(29)33(38)26-15-17-28(18-16-26)41-24-13-11-10-12-22-36(20-8-5-2)21-9-6-3;3-1(4)2(5)6;1-2/h15-19,23,25H,4-14,20-22,24H2,1-3H3,(H,39,40);(H,3,4)(H,5,6);2H,1H3. The molecule has 12 heteroatoms. The first kappa shape index (κ1) is 43.1. The van der Waals surface area contributed by atoms with E-state index in [2.05, 4.69) is 25.7 Å². The topological polar surface area (TPSA) is 166 Å². The Balaban J connectivity index is 0.00000135. The summed E-state index contributed by atoms with van der Waals surface area (Å²) in [6.45, 7) is 10.9. The van der Waals surface area contributed by atoms with E-state index < -0.39 is 17.9 Å². The quantitative estimate of drug-likeness (QED) is 0.0526. The number of carbonyl (C=O) groups excluding carboxylic acids is 1. The fourth-order valence-corrected chi connectivity index (χ4v) is 5.48. The maximum Gasteiger partial charge on any atom is 0.414 e. The molecule has 0 bridgehead atoms. The van der Waals surface area contributed by atoms with Gasteiger partial charge in [0.1, 0.15) is 5.75 Å². The van der Waals surface area contributed by atoms with Crippen molar-refractivity contribution in [3.63, 3.8) is 0 Å².